The summed E-state index contributed by atoms with van der Waals surface area (Å²) in [6, 6.07) is 5.98. The summed E-state index contributed by atoms with van der Waals surface area (Å²) in [7, 11) is 0. The second-order valence-electron chi connectivity index (χ2n) is 2.06. The van der Waals surface area contributed by atoms with Gasteiger partial charge in [-0.05, 0) is 47.2 Å². The maximum absolute atomic E-state index is 5.27. The number of hydrogen-bond donors (Lipinski definition) is 2. The van der Waals surface area contributed by atoms with E-state index < -0.39 is 0 Å². The van der Waals surface area contributed by atoms with Crippen molar-refractivity contribution in [2.45, 2.75) is 6.92 Å². The average Bonchev–Trinajstić information content (AvgIpc) is 1.95. The summed E-state index contributed by atoms with van der Waals surface area (Å²) in [4.78, 5) is 0. The number of hydrazine groups is 1. The second-order valence-corrected chi connectivity index (χ2v) is 3.22. The summed E-state index contributed by atoms with van der Waals surface area (Å²) in [6.07, 6.45) is 0. The Kier molecular flexibility index (Phi) is 2.50. The lowest BCUT2D eigenvalue weighted by Crippen LogP contribution is -2.08. The van der Waals surface area contributed by atoms with Crippen molar-refractivity contribution in [3.05, 3.63) is 27.3 Å². The smallest absolute Gasteiger partial charge is 0.0524 e. The fourth-order valence-corrected chi connectivity index (χ4v) is 1.26. The summed E-state index contributed by atoms with van der Waals surface area (Å²) >= 11 is 2.28. The van der Waals surface area contributed by atoms with Gasteiger partial charge in [0.05, 0.1) is 5.69 Å². The average molecular weight is 248 g/mol. The number of benzene rings is 1. The third-order valence-corrected chi connectivity index (χ3v) is 2.59. The van der Waals surface area contributed by atoms with Gasteiger partial charge in [-0.2, -0.15) is 0 Å². The molecule has 0 fully saturated rings. The van der Waals surface area contributed by atoms with Gasteiger partial charge in [-0.15, -0.1) is 0 Å². The van der Waals surface area contributed by atoms with Crippen LogP contribution in [0.2, 0.25) is 0 Å². The summed E-state index contributed by atoms with van der Waals surface area (Å²) < 4.78 is 1.23. The SMILES string of the molecule is Cc1c(I)cccc1NN. The van der Waals surface area contributed by atoms with Gasteiger partial charge in [0.25, 0.3) is 0 Å². The van der Waals surface area contributed by atoms with Crippen LogP contribution >= 0.6 is 22.6 Å². The van der Waals surface area contributed by atoms with Crippen molar-refractivity contribution < 1.29 is 0 Å². The Morgan fingerprint density at radius 3 is 2.70 bits per heavy atom. The molecule has 0 amide bonds. The van der Waals surface area contributed by atoms with Crippen molar-refractivity contribution in [3.8, 4) is 0 Å². The maximum atomic E-state index is 5.27. The minimum absolute atomic E-state index is 0.993. The van der Waals surface area contributed by atoms with Gasteiger partial charge in [-0.1, -0.05) is 6.07 Å². The summed E-state index contributed by atoms with van der Waals surface area (Å²) in [6.45, 7) is 2.04. The van der Waals surface area contributed by atoms with Crippen molar-refractivity contribution in [1.82, 2.24) is 0 Å². The van der Waals surface area contributed by atoms with Gasteiger partial charge in [-0.25, -0.2) is 0 Å². The number of halogens is 1. The van der Waals surface area contributed by atoms with Crippen LogP contribution in [0, 0.1) is 10.5 Å². The van der Waals surface area contributed by atoms with Gasteiger partial charge < -0.3 is 5.43 Å². The zero-order chi connectivity index (χ0) is 7.56. The Balaban J connectivity index is 3.14. The van der Waals surface area contributed by atoms with Crippen molar-refractivity contribution in [3.63, 3.8) is 0 Å². The van der Waals surface area contributed by atoms with Crippen LogP contribution in [0.1, 0.15) is 5.56 Å². The molecule has 10 heavy (non-hydrogen) atoms. The van der Waals surface area contributed by atoms with E-state index in [9.17, 15) is 0 Å². The topological polar surface area (TPSA) is 38.0 Å². The zero-order valence-electron chi connectivity index (χ0n) is 5.69. The van der Waals surface area contributed by atoms with E-state index in [2.05, 4.69) is 34.1 Å². The highest BCUT2D eigenvalue weighted by molar-refractivity contribution is 14.1. The van der Waals surface area contributed by atoms with Crippen LogP contribution in [-0.2, 0) is 0 Å². The number of hydrogen-bond acceptors (Lipinski definition) is 2. The molecule has 0 atom stereocenters. The number of anilines is 1. The molecule has 0 radical (unpaired) electrons. The normalized spacial score (nSPS) is 9.50. The van der Waals surface area contributed by atoms with E-state index in [4.69, 9.17) is 5.84 Å². The number of nitrogens with one attached hydrogen (secondary N) is 1. The zero-order valence-corrected chi connectivity index (χ0v) is 7.84. The molecule has 1 aromatic carbocycles. The van der Waals surface area contributed by atoms with Crippen LogP contribution in [0.3, 0.4) is 0 Å². The van der Waals surface area contributed by atoms with E-state index in [1.165, 1.54) is 9.13 Å². The largest absolute Gasteiger partial charge is 0.324 e. The molecular weight excluding hydrogens is 239 g/mol. The van der Waals surface area contributed by atoms with Crippen LogP contribution in [0.25, 0.3) is 0 Å². The first kappa shape index (κ1) is 7.81. The molecule has 54 valence electrons. The van der Waals surface area contributed by atoms with Crippen molar-refractivity contribution >= 4 is 28.3 Å². The van der Waals surface area contributed by atoms with Gasteiger partial charge in [0.2, 0.25) is 0 Å². The number of nitrogens with two attached hydrogens (primary N) is 1. The Labute approximate surface area is 73.9 Å². The first-order chi connectivity index (χ1) is 4.75. The lowest BCUT2D eigenvalue weighted by atomic mass is 10.2. The maximum Gasteiger partial charge on any atom is 0.0524 e. The van der Waals surface area contributed by atoms with E-state index in [-0.39, 0.29) is 0 Å². The fourth-order valence-electron chi connectivity index (χ4n) is 0.764. The summed E-state index contributed by atoms with van der Waals surface area (Å²) in [5, 5.41) is 0. The van der Waals surface area contributed by atoms with Crippen LogP contribution in [0.4, 0.5) is 5.69 Å². The molecule has 0 spiro atoms. The van der Waals surface area contributed by atoms with E-state index in [1.807, 2.05) is 19.1 Å². The number of nitrogen functional groups attached to an aromatic ring is 1. The van der Waals surface area contributed by atoms with Gasteiger partial charge in [0.1, 0.15) is 0 Å². The van der Waals surface area contributed by atoms with E-state index >= 15 is 0 Å². The standard InChI is InChI=1S/C7H9IN2/c1-5-6(8)3-2-4-7(5)10-9/h2-4,10H,9H2,1H3. The van der Waals surface area contributed by atoms with Crippen molar-refractivity contribution in [1.29, 1.82) is 0 Å². The van der Waals surface area contributed by atoms with Crippen LogP contribution in [-0.4, -0.2) is 0 Å². The number of rotatable bonds is 1. The van der Waals surface area contributed by atoms with Gasteiger partial charge >= 0.3 is 0 Å². The molecule has 0 bridgehead atoms. The van der Waals surface area contributed by atoms with E-state index in [0.29, 0.717) is 0 Å². The predicted octanol–water partition coefficient (Wildman–Crippen LogP) is 1.89. The van der Waals surface area contributed by atoms with Crippen LogP contribution < -0.4 is 11.3 Å². The lowest BCUT2D eigenvalue weighted by molar-refractivity contribution is 1.30. The Hall–Kier alpha value is -0.290. The second kappa shape index (κ2) is 3.21. The Morgan fingerprint density at radius 1 is 1.50 bits per heavy atom. The molecule has 2 nitrogen and oxygen atoms in total. The molecule has 0 aliphatic carbocycles. The quantitative estimate of drug-likeness (QED) is 0.452. The first-order valence-electron chi connectivity index (χ1n) is 2.97. The van der Waals surface area contributed by atoms with Crippen LogP contribution in [0.5, 0.6) is 0 Å². The van der Waals surface area contributed by atoms with Crippen molar-refractivity contribution in [2.75, 3.05) is 5.43 Å². The monoisotopic (exact) mass is 248 g/mol. The fraction of sp³-hybridized carbons (Fsp3) is 0.143. The first-order valence-corrected chi connectivity index (χ1v) is 4.05. The molecule has 0 aromatic heterocycles. The predicted molar refractivity (Wildman–Crippen MR) is 51.7 cm³/mol. The molecular formula is C7H9IN2. The van der Waals surface area contributed by atoms with Gasteiger partial charge in [0.15, 0.2) is 0 Å². The molecule has 0 saturated carbocycles. The molecule has 1 rings (SSSR count). The Bertz CT molecular complexity index is 235. The summed E-state index contributed by atoms with van der Waals surface area (Å²) in [5.41, 5.74) is 4.82. The highest BCUT2D eigenvalue weighted by Gasteiger charge is 1.97. The summed E-state index contributed by atoms with van der Waals surface area (Å²) in [5.74, 6) is 5.27. The highest BCUT2D eigenvalue weighted by atomic mass is 127. The van der Waals surface area contributed by atoms with E-state index in [1.54, 1.807) is 0 Å². The molecule has 3 heteroatoms. The molecule has 0 aliphatic rings. The van der Waals surface area contributed by atoms with Gasteiger partial charge in [-0.3, -0.25) is 5.84 Å². The Morgan fingerprint density at radius 2 is 2.20 bits per heavy atom. The molecule has 1 aromatic rings. The highest BCUT2D eigenvalue weighted by Crippen LogP contribution is 2.18. The minimum atomic E-state index is 0.993. The lowest BCUT2D eigenvalue weighted by Gasteiger charge is -2.04. The molecule has 0 saturated heterocycles. The van der Waals surface area contributed by atoms with E-state index in [0.717, 1.165) is 5.69 Å². The minimum Gasteiger partial charge on any atom is -0.324 e. The van der Waals surface area contributed by atoms with Gasteiger partial charge in [0, 0.05) is 3.57 Å². The third-order valence-electron chi connectivity index (χ3n) is 1.42. The third kappa shape index (κ3) is 1.41. The molecule has 3 N–H and O–H groups in total. The molecule has 0 unspecified atom stereocenters. The molecule has 0 aliphatic heterocycles. The van der Waals surface area contributed by atoms with Crippen molar-refractivity contribution in [2.24, 2.45) is 5.84 Å². The van der Waals surface area contributed by atoms with Crippen LogP contribution in [0.15, 0.2) is 18.2 Å². The molecule has 0 heterocycles.